The minimum absolute atomic E-state index is 0.0684. The van der Waals surface area contributed by atoms with Crippen LogP contribution in [-0.4, -0.2) is 48.0 Å². The Hall–Kier alpha value is -0.980. The molecular weight excluding hydrogens is 248 g/mol. The molecule has 1 amide bonds. The molecule has 1 saturated heterocycles. The second-order valence-electron chi connectivity index (χ2n) is 4.43. The van der Waals surface area contributed by atoms with E-state index in [1.165, 1.54) is 4.88 Å². The van der Waals surface area contributed by atoms with Gasteiger partial charge >= 0.3 is 0 Å². The number of nitrogens with one attached hydrogen (secondary N) is 2. The molecule has 5 nitrogen and oxygen atoms in total. The van der Waals surface area contributed by atoms with Crippen molar-refractivity contribution < 1.29 is 4.79 Å². The Labute approximate surface area is 112 Å². The second-order valence-corrected chi connectivity index (χ2v) is 5.75. The molecule has 18 heavy (non-hydrogen) atoms. The van der Waals surface area contributed by atoms with Crippen molar-refractivity contribution in [1.29, 1.82) is 0 Å². The first-order valence-corrected chi connectivity index (χ1v) is 7.16. The van der Waals surface area contributed by atoms with Gasteiger partial charge < -0.3 is 10.6 Å². The summed E-state index contributed by atoms with van der Waals surface area (Å²) in [5.41, 5.74) is 0. The molecule has 1 aromatic rings. The lowest BCUT2D eigenvalue weighted by Crippen LogP contribution is -2.57. The number of nitrogens with zero attached hydrogens (tertiary/aromatic N) is 2. The van der Waals surface area contributed by atoms with E-state index >= 15 is 0 Å². The molecule has 6 heteroatoms. The Morgan fingerprint density at radius 2 is 2.56 bits per heavy atom. The number of likely N-dealkylation sites (N-methyl/N-ethyl adjacent to an activating group) is 1. The van der Waals surface area contributed by atoms with E-state index in [0.29, 0.717) is 6.54 Å². The van der Waals surface area contributed by atoms with E-state index < -0.39 is 0 Å². The predicted molar refractivity (Wildman–Crippen MR) is 72.6 cm³/mol. The molecule has 2 heterocycles. The summed E-state index contributed by atoms with van der Waals surface area (Å²) in [5.74, 6) is 0.117. The minimum atomic E-state index is -0.0684. The van der Waals surface area contributed by atoms with Gasteiger partial charge in [0.1, 0.15) is 6.04 Å². The van der Waals surface area contributed by atoms with Gasteiger partial charge in [-0.1, -0.05) is 0 Å². The number of thiazole rings is 1. The summed E-state index contributed by atoms with van der Waals surface area (Å²) in [7, 11) is 0. The number of aromatic nitrogens is 1. The Morgan fingerprint density at radius 1 is 1.72 bits per heavy atom. The largest absolute Gasteiger partial charge is 0.355 e. The van der Waals surface area contributed by atoms with Crippen molar-refractivity contribution in [3.05, 3.63) is 16.1 Å². The highest BCUT2D eigenvalue weighted by molar-refractivity contribution is 7.11. The summed E-state index contributed by atoms with van der Waals surface area (Å²) in [6.45, 7) is 8.02. The molecule has 100 valence electrons. The number of carbonyl (C=O) groups excluding carboxylic acids is 1. The van der Waals surface area contributed by atoms with Gasteiger partial charge in [0.15, 0.2) is 0 Å². The van der Waals surface area contributed by atoms with E-state index in [2.05, 4.69) is 20.5 Å². The average Bonchev–Trinajstić information content (AvgIpc) is 2.76. The maximum Gasteiger partial charge on any atom is 0.238 e. The van der Waals surface area contributed by atoms with Crippen LogP contribution in [0.3, 0.4) is 0 Å². The lowest BCUT2D eigenvalue weighted by Gasteiger charge is -2.34. The molecule has 0 saturated carbocycles. The van der Waals surface area contributed by atoms with Gasteiger partial charge in [-0.05, 0) is 13.8 Å². The first-order valence-electron chi connectivity index (χ1n) is 6.34. The zero-order chi connectivity index (χ0) is 13.0. The zero-order valence-electron chi connectivity index (χ0n) is 10.9. The van der Waals surface area contributed by atoms with Gasteiger partial charge in [-0.25, -0.2) is 4.98 Å². The topological polar surface area (TPSA) is 57.3 Å². The summed E-state index contributed by atoms with van der Waals surface area (Å²) in [6.07, 6.45) is 1.91. The third-order valence-corrected chi connectivity index (χ3v) is 3.93. The van der Waals surface area contributed by atoms with Crippen molar-refractivity contribution in [1.82, 2.24) is 20.5 Å². The smallest absolute Gasteiger partial charge is 0.238 e. The molecule has 1 fully saturated rings. The molecule has 0 aliphatic carbocycles. The van der Waals surface area contributed by atoms with Crippen molar-refractivity contribution in [2.24, 2.45) is 0 Å². The van der Waals surface area contributed by atoms with E-state index in [4.69, 9.17) is 0 Å². The fourth-order valence-electron chi connectivity index (χ4n) is 2.16. The first kappa shape index (κ1) is 13.5. The van der Waals surface area contributed by atoms with Crippen LogP contribution >= 0.6 is 11.3 Å². The van der Waals surface area contributed by atoms with E-state index in [9.17, 15) is 4.79 Å². The molecule has 1 aromatic heterocycles. The van der Waals surface area contributed by atoms with Crippen LogP contribution in [0.15, 0.2) is 6.20 Å². The van der Waals surface area contributed by atoms with Crippen molar-refractivity contribution >= 4 is 17.2 Å². The maximum absolute atomic E-state index is 12.0. The molecule has 1 aliphatic rings. The van der Waals surface area contributed by atoms with Crippen molar-refractivity contribution in [2.75, 3.05) is 26.2 Å². The molecule has 1 aliphatic heterocycles. The van der Waals surface area contributed by atoms with E-state index in [0.717, 1.165) is 31.2 Å². The molecule has 2 N–H and O–H groups in total. The monoisotopic (exact) mass is 268 g/mol. The minimum Gasteiger partial charge on any atom is -0.355 e. The molecule has 0 radical (unpaired) electrons. The molecule has 1 unspecified atom stereocenters. The number of carbonyl (C=O) groups is 1. The summed E-state index contributed by atoms with van der Waals surface area (Å²) < 4.78 is 0. The fourth-order valence-corrected chi connectivity index (χ4v) is 2.99. The molecular formula is C12H20N4OS. The first-order chi connectivity index (χ1) is 8.70. The maximum atomic E-state index is 12.0. The number of hydrogen-bond acceptors (Lipinski definition) is 5. The van der Waals surface area contributed by atoms with Crippen LogP contribution < -0.4 is 10.6 Å². The van der Waals surface area contributed by atoms with Crippen LogP contribution in [0.5, 0.6) is 0 Å². The number of amides is 1. The predicted octanol–water partition coefficient (Wildman–Crippen LogP) is 0.361. The van der Waals surface area contributed by atoms with Crippen LogP contribution in [0.2, 0.25) is 0 Å². The van der Waals surface area contributed by atoms with Gasteiger partial charge in [0.05, 0.1) is 5.01 Å². The molecule has 0 spiro atoms. The quantitative estimate of drug-likeness (QED) is 0.828. The van der Waals surface area contributed by atoms with Gasteiger partial charge in [-0.15, -0.1) is 11.3 Å². The fraction of sp³-hybridized carbons (Fsp3) is 0.667. The van der Waals surface area contributed by atoms with Gasteiger partial charge in [0, 0.05) is 43.8 Å². The number of hydrogen-bond donors (Lipinski definition) is 2. The summed E-state index contributed by atoms with van der Waals surface area (Å²) >= 11 is 1.70. The average molecular weight is 268 g/mol. The normalized spacial score (nSPS) is 20.9. The lowest BCUT2D eigenvalue weighted by molar-refractivity contribution is -0.127. The number of aryl methyl sites for hydroxylation is 1. The standard InChI is InChI=1S/C12H20N4OS/c1-3-14-12(17)11-7-13-4-5-16(11)8-10-6-15-9(2)18-10/h6,11,13H,3-5,7-8H2,1-2H3,(H,14,17). The van der Waals surface area contributed by atoms with Gasteiger partial charge in [-0.3, -0.25) is 9.69 Å². The lowest BCUT2D eigenvalue weighted by atomic mass is 10.1. The van der Waals surface area contributed by atoms with Crippen molar-refractivity contribution in [2.45, 2.75) is 26.4 Å². The Balaban J connectivity index is 2.01. The summed E-state index contributed by atoms with van der Waals surface area (Å²) in [4.78, 5) is 19.7. The van der Waals surface area contributed by atoms with Gasteiger partial charge in [0.25, 0.3) is 0 Å². The molecule has 0 bridgehead atoms. The third-order valence-electron chi connectivity index (χ3n) is 3.04. The molecule has 0 aromatic carbocycles. The SMILES string of the molecule is CCNC(=O)C1CNCCN1Cc1cnc(C)s1. The van der Waals surface area contributed by atoms with E-state index in [1.807, 2.05) is 20.0 Å². The van der Waals surface area contributed by atoms with Crippen molar-refractivity contribution in [3.8, 4) is 0 Å². The Kier molecular flexibility index (Phi) is 4.68. The van der Waals surface area contributed by atoms with Crippen LogP contribution in [0, 0.1) is 6.92 Å². The van der Waals surface area contributed by atoms with E-state index in [1.54, 1.807) is 11.3 Å². The van der Waals surface area contributed by atoms with Crippen LogP contribution in [0.25, 0.3) is 0 Å². The van der Waals surface area contributed by atoms with E-state index in [-0.39, 0.29) is 11.9 Å². The highest BCUT2D eigenvalue weighted by Gasteiger charge is 2.28. The third kappa shape index (κ3) is 3.28. The van der Waals surface area contributed by atoms with Crippen molar-refractivity contribution in [3.63, 3.8) is 0 Å². The summed E-state index contributed by atoms with van der Waals surface area (Å²) in [6, 6.07) is -0.0684. The summed E-state index contributed by atoms with van der Waals surface area (Å²) in [5, 5.41) is 7.26. The molecule has 1 atom stereocenters. The zero-order valence-corrected chi connectivity index (χ0v) is 11.7. The number of rotatable bonds is 4. The van der Waals surface area contributed by atoms with Crippen LogP contribution in [0.4, 0.5) is 0 Å². The van der Waals surface area contributed by atoms with Gasteiger partial charge in [-0.2, -0.15) is 0 Å². The second kappa shape index (κ2) is 6.26. The van der Waals surface area contributed by atoms with Gasteiger partial charge in [0.2, 0.25) is 5.91 Å². The van der Waals surface area contributed by atoms with Crippen LogP contribution in [-0.2, 0) is 11.3 Å². The molecule has 2 rings (SSSR count). The van der Waals surface area contributed by atoms with Crippen LogP contribution in [0.1, 0.15) is 16.8 Å². The Bertz CT molecular complexity index is 407. The highest BCUT2D eigenvalue weighted by Crippen LogP contribution is 2.16. The Morgan fingerprint density at radius 3 is 3.22 bits per heavy atom. The number of piperazine rings is 1. The highest BCUT2D eigenvalue weighted by atomic mass is 32.1.